The first-order chi connectivity index (χ1) is 8.90. The predicted octanol–water partition coefficient (Wildman–Crippen LogP) is 0.261. The highest BCUT2D eigenvalue weighted by Gasteiger charge is 2.24. The second-order valence-electron chi connectivity index (χ2n) is 4.57. The predicted molar refractivity (Wildman–Crippen MR) is 65.3 cm³/mol. The zero-order valence-corrected chi connectivity index (χ0v) is 10.1. The van der Waals surface area contributed by atoms with E-state index < -0.39 is 0 Å². The van der Waals surface area contributed by atoms with Gasteiger partial charge in [0, 0.05) is 19.2 Å². The number of aliphatic hydroxyl groups is 1. The van der Waals surface area contributed by atoms with Gasteiger partial charge in [0.25, 0.3) is 0 Å². The summed E-state index contributed by atoms with van der Waals surface area (Å²) in [6, 6.07) is 0.348. The van der Waals surface area contributed by atoms with Gasteiger partial charge in [-0.1, -0.05) is 0 Å². The molecule has 1 atom stereocenters. The van der Waals surface area contributed by atoms with Crippen molar-refractivity contribution in [2.45, 2.75) is 31.7 Å². The van der Waals surface area contributed by atoms with E-state index in [9.17, 15) is 0 Å². The van der Waals surface area contributed by atoms with Crippen LogP contribution >= 0.6 is 0 Å². The Morgan fingerprint density at radius 2 is 2.28 bits per heavy atom. The topological polar surface area (TPSA) is 79.4 Å². The van der Waals surface area contributed by atoms with Gasteiger partial charge >= 0.3 is 0 Å². The molecule has 3 heterocycles. The third-order valence-corrected chi connectivity index (χ3v) is 3.47. The van der Waals surface area contributed by atoms with Crippen LogP contribution in [0.4, 0.5) is 5.82 Å². The van der Waals surface area contributed by atoms with Crippen LogP contribution in [0.3, 0.4) is 0 Å². The molecule has 1 unspecified atom stereocenters. The summed E-state index contributed by atoms with van der Waals surface area (Å²) in [6.45, 7) is 1.17. The Kier molecular flexibility index (Phi) is 3.06. The number of rotatable bonds is 3. The number of nitrogens with zero attached hydrogens (tertiary/aromatic N) is 6. The van der Waals surface area contributed by atoms with E-state index >= 15 is 0 Å². The van der Waals surface area contributed by atoms with Crippen molar-refractivity contribution < 1.29 is 5.11 Å². The summed E-state index contributed by atoms with van der Waals surface area (Å²) < 4.78 is 1.71. The van der Waals surface area contributed by atoms with Crippen molar-refractivity contribution >= 4 is 11.5 Å². The summed E-state index contributed by atoms with van der Waals surface area (Å²) in [4.78, 5) is 6.45. The maximum atomic E-state index is 9.17. The van der Waals surface area contributed by atoms with E-state index in [2.05, 4.69) is 25.4 Å². The standard InChI is InChI=1S/C11H16N6O/c18-6-4-9-3-1-2-5-16(9)11-8-12-7-10-13-14-15-17(10)11/h7-9,18H,1-6H2. The van der Waals surface area contributed by atoms with Crippen molar-refractivity contribution in [2.75, 3.05) is 18.1 Å². The number of hydrogen-bond donors (Lipinski definition) is 1. The first-order valence-electron chi connectivity index (χ1n) is 6.30. The summed E-state index contributed by atoms with van der Waals surface area (Å²) in [5, 5.41) is 20.8. The average molecular weight is 248 g/mol. The summed E-state index contributed by atoms with van der Waals surface area (Å²) in [5.74, 6) is 0.913. The Hall–Kier alpha value is -1.76. The zero-order chi connectivity index (χ0) is 12.4. The van der Waals surface area contributed by atoms with E-state index in [4.69, 9.17) is 5.11 Å². The van der Waals surface area contributed by atoms with Gasteiger partial charge in [-0.2, -0.15) is 4.52 Å². The van der Waals surface area contributed by atoms with Gasteiger partial charge in [0.15, 0.2) is 11.5 Å². The molecule has 1 N–H and O–H groups in total. The van der Waals surface area contributed by atoms with Crippen LogP contribution in [0.1, 0.15) is 25.7 Å². The number of tetrazole rings is 1. The summed E-state index contributed by atoms with van der Waals surface area (Å²) >= 11 is 0. The number of piperidine rings is 1. The fourth-order valence-electron chi connectivity index (χ4n) is 2.61. The van der Waals surface area contributed by atoms with Gasteiger partial charge in [-0.3, -0.25) is 4.98 Å². The van der Waals surface area contributed by atoms with E-state index in [1.807, 2.05) is 0 Å². The van der Waals surface area contributed by atoms with Crippen molar-refractivity contribution in [3.63, 3.8) is 0 Å². The van der Waals surface area contributed by atoms with Crippen molar-refractivity contribution in [1.29, 1.82) is 0 Å². The first kappa shape index (κ1) is 11.3. The largest absolute Gasteiger partial charge is 0.396 e. The van der Waals surface area contributed by atoms with E-state index in [1.165, 1.54) is 6.42 Å². The molecule has 0 spiro atoms. The van der Waals surface area contributed by atoms with Gasteiger partial charge in [0.2, 0.25) is 0 Å². The zero-order valence-electron chi connectivity index (χ0n) is 10.1. The molecule has 1 aliphatic rings. The number of aliphatic hydroxyl groups excluding tert-OH is 1. The maximum Gasteiger partial charge on any atom is 0.199 e. The fraction of sp³-hybridized carbons (Fsp3) is 0.636. The smallest absolute Gasteiger partial charge is 0.199 e. The number of hydrogen-bond acceptors (Lipinski definition) is 6. The van der Waals surface area contributed by atoms with Crippen LogP contribution < -0.4 is 4.90 Å². The summed E-state index contributed by atoms with van der Waals surface area (Å²) in [7, 11) is 0. The third kappa shape index (κ3) is 1.90. The molecular formula is C11H16N6O. The molecule has 0 amide bonds. The second kappa shape index (κ2) is 4.85. The minimum atomic E-state index is 0.209. The monoisotopic (exact) mass is 248 g/mol. The highest BCUT2D eigenvalue weighted by Crippen LogP contribution is 2.25. The molecule has 2 aromatic rings. The SMILES string of the molecule is OCCC1CCCCN1c1cncc2nnnn12. The highest BCUT2D eigenvalue weighted by molar-refractivity contribution is 5.47. The molecule has 1 fully saturated rings. The van der Waals surface area contributed by atoms with Crippen LogP contribution in [-0.2, 0) is 0 Å². The second-order valence-corrected chi connectivity index (χ2v) is 4.57. The molecule has 7 nitrogen and oxygen atoms in total. The molecule has 0 bridgehead atoms. The molecule has 0 aromatic carbocycles. The molecule has 0 saturated carbocycles. The average Bonchev–Trinajstić information content (AvgIpc) is 2.88. The van der Waals surface area contributed by atoms with Gasteiger partial charge in [0.1, 0.15) is 0 Å². The minimum Gasteiger partial charge on any atom is -0.396 e. The molecule has 0 aliphatic carbocycles. The van der Waals surface area contributed by atoms with E-state index in [1.54, 1.807) is 16.9 Å². The lowest BCUT2D eigenvalue weighted by Gasteiger charge is -2.36. The number of aromatic nitrogens is 5. The molecule has 18 heavy (non-hydrogen) atoms. The lowest BCUT2D eigenvalue weighted by Crippen LogP contribution is -2.41. The Balaban J connectivity index is 1.98. The lowest BCUT2D eigenvalue weighted by molar-refractivity contribution is 0.262. The maximum absolute atomic E-state index is 9.17. The van der Waals surface area contributed by atoms with Gasteiger partial charge in [-0.15, -0.1) is 5.10 Å². The van der Waals surface area contributed by atoms with E-state index in [0.717, 1.165) is 31.6 Å². The molecule has 0 radical (unpaired) electrons. The molecular weight excluding hydrogens is 232 g/mol. The molecule has 2 aromatic heterocycles. The number of fused-ring (bicyclic) bond motifs is 1. The first-order valence-corrected chi connectivity index (χ1v) is 6.30. The molecule has 1 saturated heterocycles. The Bertz CT molecular complexity index is 525. The number of anilines is 1. The Labute approximate surface area is 104 Å². The molecule has 96 valence electrons. The summed E-state index contributed by atoms with van der Waals surface area (Å²) in [5.41, 5.74) is 0.654. The van der Waals surface area contributed by atoms with Crippen LogP contribution in [0.5, 0.6) is 0 Å². The fourth-order valence-corrected chi connectivity index (χ4v) is 2.61. The molecule has 3 rings (SSSR count). The van der Waals surface area contributed by atoms with Crippen LogP contribution in [0.2, 0.25) is 0 Å². The van der Waals surface area contributed by atoms with E-state index in [0.29, 0.717) is 11.7 Å². The minimum absolute atomic E-state index is 0.209. The van der Waals surface area contributed by atoms with E-state index in [-0.39, 0.29) is 6.61 Å². The van der Waals surface area contributed by atoms with Crippen LogP contribution in [0.15, 0.2) is 12.4 Å². The van der Waals surface area contributed by atoms with Gasteiger partial charge in [0.05, 0.1) is 12.4 Å². The normalized spacial score (nSPS) is 20.5. The van der Waals surface area contributed by atoms with Gasteiger partial charge in [-0.25, -0.2) is 0 Å². The summed E-state index contributed by atoms with van der Waals surface area (Å²) in [6.07, 6.45) is 7.67. The van der Waals surface area contributed by atoms with Gasteiger partial charge in [-0.05, 0) is 36.1 Å². The quantitative estimate of drug-likeness (QED) is 0.839. The van der Waals surface area contributed by atoms with Crippen molar-refractivity contribution in [2.24, 2.45) is 0 Å². The Morgan fingerprint density at radius 1 is 1.33 bits per heavy atom. The van der Waals surface area contributed by atoms with Crippen LogP contribution in [-0.4, -0.2) is 49.3 Å². The third-order valence-electron chi connectivity index (χ3n) is 3.47. The van der Waals surface area contributed by atoms with Crippen LogP contribution in [0.25, 0.3) is 5.65 Å². The van der Waals surface area contributed by atoms with Crippen LogP contribution in [0, 0.1) is 0 Å². The molecule has 7 heteroatoms. The lowest BCUT2D eigenvalue weighted by atomic mass is 10.00. The van der Waals surface area contributed by atoms with Crippen molar-refractivity contribution in [1.82, 2.24) is 25.0 Å². The highest BCUT2D eigenvalue weighted by atomic mass is 16.3. The van der Waals surface area contributed by atoms with Crippen molar-refractivity contribution in [3.8, 4) is 0 Å². The van der Waals surface area contributed by atoms with Crippen molar-refractivity contribution in [3.05, 3.63) is 12.4 Å². The molecule has 1 aliphatic heterocycles. The van der Waals surface area contributed by atoms with Gasteiger partial charge < -0.3 is 10.0 Å². The Morgan fingerprint density at radius 3 is 3.17 bits per heavy atom.